The van der Waals surface area contributed by atoms with Gasteiger partial charge in [-0.15, -0.1) is 0 Å². The zero-order valence-electron chi connectivity index (χ0n) is 9.09. The van der Waals surface area contributed by atoms with Crippen molar-refractivity contribution in [3.63, 3.8) is 0 Å². The minimum Gasteiger partial charge on any atom is -0.489 e. The van der Waals surface area contributed by atoms with Gasteiger partial charge in [-0.1, -0.05) is 30.3 Å². The number of ether oxygens (including phenoxy) is 2. The molecule has 0 fully saturated rings. The van der Waals surface area contributed by atoms with Crippen LogP contribution in [0.5, 0.6) is 11.6 Å². The second kappa shape index (κ2) is 5.16. The smallest absolute Gasteiger partial charge is 0.216 e. The van der Waals surface area contributed by atoms with Crippen LogP contribution in [0, 0.1) is 0 Å². The summed E-state index contributed by atoms with van der Waals surface area (Å²) >= 11 is 0. The maximum Gasteiger partial charge on any atom is 0.216 e. The third-order valence-electron chi connectivity index (χ3n) is 2.16. The molecular weight excluding hydrogens is 202 g/mol. The molecule has 0 radical (unpaired) electrons. The van der Waals surface area contributed by atoms with Crippen LogP contribution in [0.1, 0.15) is 5.56 Å². The van der Waals surface area contributed by atoms with Gasteiger partial charge >= 0.3 is 0 Å². The van der Waals surface area contributed by atoms with Crippen molar-refractivity contribution in [1.82, 2.24) is 4.98 Å². The van der Waals surface area contributed by atoms with Gasteiger partial charge in [0.25, 0.3) is 0 Å². The molecule has 0 saturated heterocycles. The number of pyridine rings is 1. The van der Waals surface area contributed by atoms with Crippen LogP contribution < -0.4 is 9.47 Å². The number of rotatable bonds is 4. The van der Waals surface area contributed by atoms with Crippen molar-refractivity contribution >= 4 is 0 Å². The van der Waals surface area contributed by atoms with E-state index in [1.165, 1.54) is 0 Å². The average Bonchev–Trinajstić information content (AvgIpc) is 2.38. The van der Waals surface area contributed by atoms with Crippen molar-refractivity contribution in [3.8, 4) is 11.6 Å². The number of hydrogen-bond acceptors (Lipinski definition) is 3. The summed E-state index contributed by atoms with van der Waals surface area (Å²) in [6.45, 7) is 0.550. The van der Waals surface area contributed by atoms with E-state index in [-0.39, 0.29) is 0 Å². The standard InChI is InChI=1S/C13H13NO2/c1-15-13-9-12(7-8-14-13)16-10-11-5-3-2-4-6-11/h2-9H,10H2,1H3. The topological polar surface area (TPSA) is 31.4 Å². The Kier molecular flexibility index (Phi) is 3.38. The van der Waals surface area contributed by atoms with Crippen LogP contribution >= 0.6 is 0 Å². The Morgan fingerprint density at radius 3 is 2.69 bits per heavy atom. The first-order valence-corrected chi connectivity index (χ1v) is 5.05. The SMILES string of the molecule is COc1cc(OCc2ccccc2)ccn1. The van der Waals surface area contributed by atoms with Crippen molar-refractivity contribution in [2.45, 2.75) is 6.61 Å². The molecule has 1 heterocycles. The Hall–Kier alpha value is -2.03. The van der Waals surface area contributed by atoms with E-state index in [2.05, 4.69) is 4.98 Å². The third-order valence-corrected chi connectivity index (χ3v) is 2.16. The van der Waals surface area contributed by atoms with Crippen LogP contribution in [-0.2, 0) is 6.61 Å². The van der Waals surface area contributed by atoms with Gasteiger partial charge in [0.1, 0.15) is 12.4 Å². The lowest BCUT2D eigenvalue weighted by atomic mass is 10.2. The van der Waals surface area contributed by atoms with Gasteiger partial charge < -0.3 is 9.47 Å². The molecule has 0 N–H and O–H groups in total. The Morgan fingerprint density at radius 2 is 1.94 bits per heavy atom. The molecule has 16 heavy (non-hydrogen) atoms. The van der Waals surface area contributed by atoms with Gasteiger partial charge in [0.05, 0.1) is 7.11 Å². The minimum absolute atomic E-state index is 0.550. The Bertz CT molecular complexity index is 443. The molecule has 1 aromatic carbocycles. The summed E-state index contributed by atoms with van der Waals surface area (Å²) in [5, 5.41) is 0. The lowest BCUT2D eigenvalue weighted by molar-refractivity contribution is 0.302. The molecule has 2 aromatic rings. The van der Waals surface area contributed by atoms with Crippen LogP contribution in [0.25, 0.3) is 0 Å². The first-order valence-electron chi connectivity index (χ1n) is 5.05. The number of methoxy groups -OCH3 is 1. The summed E-state index contributed by atoms with van der Waals surface area (Å²) < 4.78 is 10.6. The molecule has 0 aliphatic carbocycles. The van der Waals surface area contributed by atoms with Crippen LogP contribution in [0.2, 0.25) is 0 Å². The van der Waals surface area contributed by atoms with Crippen molar-refractivity contribution in [2.24, 2.45) is 0 Å². The monoisotopic (exact) mass is 215 g/mol. The van der Waals surface area contributed by atoms with E-state index in [1.807, 2.05) is 36.4 Å². The molecule has 3 nitrogen and oxygen atoms in total. The molecule has 0 amide bonds. The Balaban J connectivity index is 1.99. The fourth-order valence-corrected chi connectivity index (χ4v) is 1.33. The van der Waals surface area contributed by atoms with Gasteiger partial charge in [-0.05, 0) is 11.6 Å². The summed E-state index contributed by atoms with van der Waals surface area (Å²) in [6.07, 6.45) is 1.67. The van der Waals surface area contributed by atoms with Crippen LogP contribution in [0.15, 0.2) is 48.7 Å². The van der Waals surface area contributed by atoms with E-state index >= 15 is 0 Å². The largest absolute Gasteiger partial charge is 0.489 e. The molecule has 0 spiro atoms. The minimum atomic E-state index is 0.550. The maximum absolute atomic E-state index is 5.61. The van der Waals surface area contributed by atoms with Gasteiger partial charge in [0.15, 0.2) is 0 Å². The lowest BCUT2D eigenvalue weighted by Gasteiger charge is -2.06. The van der Waals surface area contributed by atoms with E-state index in [4.69, 9.17) is 9.47 Å². The molecule has 0 bridgehead atoms. The molecule has 0 aliphatic heterocycles. The van der Waals surface area contributed by atoms with E-state index in [1.54, 1.807) is 19.4 Å². The molecule has 1 aromatic heterocycles. The first-order chi connectivity index (χ1) is 7.88. The summed E-state index contributed by atoms with van der Waals surface area (Å²) in [5.74, 6) is 1.32. The molecule has 0 aliphatic rings. The molecule has 82 valence electrons. The summed E-state index contributed by atoms with van der Waals surface area (Å²) in [5.41, 5.74) is 1.14. The Morgan fingerprint density at radius 1 is 1.12 bits per heavy atom. The summed E-state index contributed by atoms with van der Waals surface area (Å²) in [6, 6.07) is 13.6. The number of benzene rings is 1. The molecule has 3 heteroatoms. The van der Waals surface area contributed by atoms with Gasteiger partial charge in [0, 0.05) is 12.3 Å². The zero-order valence-corrected chi connectivity index (χ0v) is 9.09. The summed E-state index contributed by atoms with van der Waals surface area (Å²) in [4.78, 5) is 4.01. The second-order valence-electron chi connectivity index (χ2n) is 3.31. The zero-order chi connectivity index (χ0) is 11.2. The van der Waals surface area contributed by atoms with Crippen molar-refractivity contribution in [1.29, 1.82) is 0 Å². The van der Waals surface area contributed by atoms with Crippen molar-refractivity contribution in [2.75, 3.05) is 7.11 Å². The van der Waals surface area contributed by atoms with Crippen molar-refractivity contribution < 1.29 is 9.47 Å². The van der Waals surface area contributed by atoms with Gasteiger partial charge in [-0.3, -0.25) is 0 Å². The lowest BCUT2D eigenvalue weighted by Crippen LogP contribution is -1.96. The van der Waals surface area contributed by atoms with E-state index in [0.717, 1.165) is 11.3 Å². The predicted molar refractivity (Wildman–Crippen MR) is 61.6 cm³/mol. The number of hydrogen-bond donors (Lipinski definition) is 0. The average molecular weight is 215 g/mol. The van der Waals surface area contributed by atoms with Gasteiger partial charge in [-0.2, -0.15) is 0 Å². The highest BCUT2D eigenvalue weighted by Gasteiger charge is 1.98. The first kappa shape index (κ1) is 10.5. The highest BCUT2D eigenvalue weighted by molar-refractivity contribution is 5.26. The van der Waals surface area contributed by atoms with Crippen molar-refractivity contribution in [3.05, 3.63) is 54.2 Å². The van der Waals surface area contributed by atoms with E-state index < -0.39 is 0 Å². The molecule has 0 saturated carbocycles. The van der Waals surface area contributed by atoms with Gasteiger partial charge in [0.2, 0.25) is 5.88 Å². The molecule has 0 unspecified atom stereocenters. The number of aromatic nitrogens is 1. The Labute approximate surface area is 94.7 Å². The maximum atomic E-state index is 5.61. The summed E-state index contributed by atoms with van der Waals surface area (Å²) in [7, 11) is 1.59. The predicted octanol–water partition coefficient (Wildman–Crippen LogP) is 2.67. The fraction of sp³-hybridized carbons (Fsp3) is 0.154. The highest BCUT2D eigenvalue weighted by Crippen LogP contribution is 2.17. The van der Waals surface area contributed by atoms with E-state index in [0.29, 0.717) is 12.5 Å². The fourth-order valence-electron chi connectivity index (χ4n) is 1.33. The quantitative estimate of drug-likeness (QED) is 0.785. The van der Waals surface area contributed by atoms with E-state index in [9.17, 15) is 0 Å². The van der Waals surface area contributed by atoms with Crippen LogP contribution in [-0.4, -0.2) is 12.1 Å². The molecule has 2 rings (SSSR count). The van der Waals surface area contributed by atoms with Crippen LogP contribution in [0.4, 0.5) is 0 Å². The van der Waals surface area contributed by atoms with Crippen LogP contribution in [0.3, 0.4) is 0 Å². The van der Waals surface area contributed by atoms with Gasteiger partial charge in [-0.25, -0.2) is 4.98 Å². The normalized spacial score (nSPS) is 9.81. The number of nitrogens with zero attached hydrogens (tertiary/aromatic N) is 1. The highest BCUT2D eigenvalue weighted by atomic mass is 16.5. The third kappa shape index (κ3) is 2.73. The molecule has 0 atom stereocenters. The second-order valence-corrected chi connectivity index (χ2v) is 3.31. The molecular formula is C13H13NO2.